The molecule has 1 amide bonds. The summed E-state index contributed by atoms with van der Waals surface area (Å²) in [5.41, 5.74) is 2.65. The third kappa shape index (κ3) is 2.29. The molecule has 1 aliphatic rings. The van der Waals surface area contributed by atoms with Crippen molar-refractivity contribution in [3.05, 3.63) is 64.6 Å². The van der Waals surface area contributed by atoms with Crippen LogP contribution in [0, 0.1) is 12.7 Å². The van der Waals surface area contributed by atoms with Gasteiger partial charge in [-0.3, -0.25) is 4.79 Å². The third-order valence-corrected chi connectivity index (χ3v) is 5.27. The Hall–Kier alpha value is -2.33. The number of carbonyl (C=O) groups is 1. The van der Waals surface area contributed by atoms with E-state index in [1.165, 1.54) is 12.1 Å². The number of amides is 1. The fourth-order valence-corrected chi connectivity index (χ4v) is 3.39. The highest BCUT2D eigenvalue weighted by Crippen LogP contribution is 2.51. The molecule has 122 valence electrons. The van der Waals surface area contributed by atoms with E-state index in [0.29, 0.717) is 10.7 Å². The van der Waals surface area contributed by atoms with Crippen molar-refractivity contribution >= 4 is 34.1 Å². The number of hydrogen-bond donors (Lipinski definition) is 2. The molecule has 0 atom stereocenters. The predicted molar refractivity (Wildman–Crippen MR) is 94.0 cm³/mol. The van der Waals surface area contributed by atoms with Crippen LogP contribution in [-0.2, 0) is 10.2 Å². The van der Waals surface area contributed by atoms with Crippen molar-refractivity contribution in [3.8, 4) is 0 Å². The number of aromatic nitrogens is 1. The quantitative estimate of drug-likeness (QED) is 0.695. The zero-order valence-corrected chi connectivity index (χ0v) is 13.9. The molecule has 0 aliphatic heterocycles. The monoisotopic (exact) mass is 342 g/mol. The first-order valence-corrected chi connectivity index (χ1v) is 8.23. The normalized spacial score (nSPS) is 15.5. The zero-order chi connectivity index (χ0) is 16.9. The largest absolute Gasteiger partial charge is 0.361 e. The van der Waals surface area contributed by atoms with Crippen LogP contribution in [0.15, 0.2) is 42.6 Å². The van der Waals surface area contributed by atoms with Crippen LogP contribution in [0.2, 0.25) is 5.02 Å². The van der Waals surface area contributed by atoms with Crippen LogP contribution < -0.4 is 5.32 Å². The van der Waals surface area contributed by atoms with E-state index in [1.54, 1.807) is 12.1 Å². The minimum Gasteiger partial charge on any atom is -0.361 e. The fraction of sp³-hybridized carbons (Fsp3) is 0.211. The SMILES string of the molecule is Cc1c(Cl)cccc1NC(=O)C1(c2c[nH]c3ccc(F)cc23)CC1. The minimum absolute atomic E-state index is 0.0713. The van der Waals surface area contributed by atoms with E-state index < -0.39 is 5.41 Å². The highest BCUT2D eigenvalue weighted by molar-refractivity contribution is 6.31. The fourth-order valence-electron chi connectivity index (χ4n) is 3.22. The lowest BCUT2D eigenvalue weighted by molar-refractivity contribution is -0.118. The van der Waals surface area contributed by atoms with Crippen LogP contribution in [0.3, 0.4) is 0 Å². The average Bonchev–Trinajstić information content (AvgIpc) is 3.26. The molecular formula is C19H16ClFN2O. The number of anilines is 1. The summed E-state index contributed by atoms with van der Waals surface area (Å²) in [5, 5.41) is 4.38. The third-order valence-electron chi connectivity index (χ3n) is 4.86. The lowest BCUT2D eigenvalue weighted by Crippen LogP contribution is -2.28. The van der Waals surface area contributed by atoms with Gasteiger partial charge in [-0.05, 0) is 61.2 Å². The molecule has 1 fully saturated rings. The Balaban J connectivity index is 1.71. The van der Waals surface area contributed by atoms with E-state index in [2.05, 4.69) is 10.3 Å². The highest BCUT2D eigenvalue weighted by atomic mass is 35.5. The molecule has 24 heavy (non-hydrogen) atoms. The Morgan fingerprint density at radius 1 is 1.29 bits per heavy atom. The predicted octanol–water partition coefficient (Wildman–Crippen LogP) is 4.94. The van der Waals surface area contributed by atoms with Crippen LogP contribution in [0.4, 0.5) is 10.1 Å². The van der Waals surface area contributed by atoms with Gasteiger partial charge in [0, 0.05) is 27.8 Å². The van der Waals surface area contributed by atoms with Gasteiger partial charge in [-0.1, -0.05) is 17.7 Å². The zero-order valence-electron chi connectivity index (χ0n) is 13.1. The molecule has 5 heteroatoms. The summed E-state index contributed by atoms with van der Waals surface area (Å²) in [6.45, 7) is 1.87. The summed E-state index contributed by atoms with van der Waals surface area (Å²) in [6.07, 6.45) is 3.32. The topological polar surface area (TPSA) is 44.9 Å². The summed E-state index contributed by atoms with van der Waals surface area (Å²) < 4.78 is 13.6. The van der Waals surface area contributed by atoms with Crippen molar-refractivity contribution in [2.75, 3.05) is 5.32 Å². The van der Waals surface area contributed by atoms with Crippen molar-refractivity contribution in [2.24, 2.45) is 0 Å². The summed E-state index contributed by atoms with van der Waals surface area (Å²) in [5.74, 6) is -0.372. The average molecular weight is 343 g/mol. The van der Waals surface area contributed by atoms with Gasteiger partial charge in [0.2, 0.25) is 5.91 Å². The first-order chi connectivity index (χ1) is 11.5. The van der Waals surface area contributed by atoms with Gasteiger partial charge in [-0.2, -0.15) is 0 Å². The molecule has 1 heterocycles. The lowest BCUT2D eigenvalue weighted by Gasteiger charge is -2.16. The van der Waals surface area contributed by atoms with E-state index in [0.717, 1.165) is 34.9 Å². The maximum absolute atomic E-state index is 13.6. The van der Waals surface area contributed by atoms with Crippen molar-refractivity contribution in [2.45, 2.75) is 25.2 Å². The number of fused-ring (bicyclic) bond motifs is 1. The van der Waals surface area contributed by atoms with Crippen molar-refractivity contribution in [1.82, 2.24) is 4.98 Å². The number of nitrogens with one attached hydrogen (secondary N) is 2. The van der Waals surface area contributed by atoms with E-state index in [1.807, 2.05) is 25.3 Å². The Bertz CT molecular complexity index is 959. The molecular weight excluding hydrogens is 327 g/mol. The van der Waals surface area contributed by atoms with Gasteiger partial charge >= 0.3 is 0 Å². The van der Waals surface area contributed by atoms with Crippen LogP contribution in [0.25, 0.3) is 10.9 Å². The van der Waals surface area contributed by atoms with Gasteiger partial charge < -0.3 is 10.3 Å². The Morgan fingerprint density at radius 3 is 2.83 bits per heavy atom. The van der Waals surface area contributed by atoms with Crippen LogP contribution in [-0.4, -0.2) is 10.9 Å². The summed E-state index contributed by atoms with van der Waals surface area (Å²) in [7, 11) is 0. The maximum atomic E-state index is 13.6. The van der Waals surface area contributed by atoms with Gasteiger partial charge in [-0.15, -0.1) is 0 Å². The number of carbonyl (C=O) groups excluding carboxylic acids is 1. The summed E-state index contributed by atoms with van der Waals surface area (Å²) in [4.78, 5) is 16.1. The van der Waals surface area contributed by atoms with Crippen LogP contribution >= 0.6 is 11.6 Å². The highest BCUT2D eigenvalue weighted by Gasteiger charge is 2.52. The first kappa shape index (κ1) is 15.2. The van der Waals surface area contributed by atoms with E-state index in [4.69, 9.17) is 11.6 Å². The molecule has 1 aromatic heterocycles. The standard InChI is InChI=1S/C19H16ClFN2O/c1-11-15(20)3-2-4-16(11)23-18(24)19(7-8-19)14-10-22-17-6-5-12(21)9-13(14)17/h2-6,9-10,22H,7-8H2,1H3,(H,23,24). The van der Waals surface area contributed by atoms with Gasteiger partial charge in [0.1, 0.15) is 5.82 Å². The Morgan fingerprint density at radius 2 is 2.08 bits per heavy atom. The number of rotatable bonds is 3. The molecule has 0 saturated heterocycles. The molecule has 2 aromatic carbocycles. The second kappa shape index (κ2) is 5.35. The molecule has 0 spiro atoms. The van der Waals surface area contributed by atoms with Crippen LogP contribution in [0.5, 0.6) is 0 Å². The van der Waals surface area contributed by atoms with Gasteiger partial charge in [0.15, 0.2) is 0 Å². The second-order valence-electron chi connectivity index (χ2n) is 6.34. The lowest BCUT2D eigenvalue weighted by atomic mass is 9.94. The van der Waals surface area contributed by atoms with E-state index in [-0.39, 0.29) is 11.7 Å². The van der Waals surface area contributed by atoms with Crippen molar-refractivity contribution < 1.29 is 9.18 Å². The molecule has 3 nitrogen and oxygen atoms in total. The number of benzene rings is 2. The Labute approximate surface area is 143 Å². The molecule has 4 rings (SSSR count). The van der Waals surface area contributed by atoms with E-state index >= 15 is 0 Å². The Kier molecular flexibility index (Phi) is 3.39. The van der Waals surface area contributed by atoms with E-state index in [9.17, 15) is 9.18 Å². The summed E-state index contributed by atoms with van der Waals surface area (Å²) >= 11 is 6.12. The minimum atomic E-state index is -0.596. The van der Waals surface area contributed by atoms with Crippen LogP contribution in [0.1, 0.15) is 24.0 Å². The molecule has 0 unspecified atom stereocenters. The maximum Gasteiger partial charge on any atom is 0.235 e. The summed E-state index contributed by atoms with van der Waals surface area (Å²) in [6, 6.07) is 10.0. The molecule has 3 aromatic rings. The number of hydrogen-bond acceptors (Lipinski definition) is 1. The molecule has 0 bridgehead atoms. The number of halogens is 2. The molecule has 1 aliphatic carbocycles. The van der Waals surface area contributed by atoms with Gasteiger partial charge in [0.25, 0.3) is 0 Å². The molecule has 0 radical (unpaired) electrons. The first-order valence-electron chi connectivity index (χ1n) is 7.85. The van der Waals surface area contributed by atoms with Crippen molar-refractivity contribution in [3.63, 3.8) is 0 Å². The second-order valence-corrected chi connectivity index (χ2v) is 6.75. The van der Waals surface area contributed by atoms with Crippen molar-refractivity contribution in [1.29, 1.82) is 0 Å². The molecule has 2 N–H and O–H groups in total. The smallest absolute Gasteiger partial charge is 0.235 e. The van der Waals surface area contributed by atoms with Gasteiger partial charge in [-0.25, -0.2) is 4.39 Å². The van der Waals surface area contributed by atoms with Gasteiger partial charge in [0.05, 0.1) is 5.41 Å². The number of H-pyrrole nitrogens is 1. The number of aromatic amines is 1. The molecule has 1 saturated carbocycles.